The van der Waals surface area contributed by atoms with Gasteiger partial charge in [-0.3, -0.25) is 0 Å². The van der Waals surface area contributed by atoms with Gasteiger partial charge in [0.1, 0.15) is 0 Å². The van der Waals surface area contributed by atoms with E-state index in [0.717, 1.165) is 13.0 Å². The maximum absolute atomic E-state index is 5.60. The van der Waals surface area contributed by atoms with Gasteiger partial charge in [-0.15, -0.1) is 0 Å². The minimum Gasteiger partial charge on any atom is -0.374 e. The summed E-state index contributed by atoms with van der Waals surface area (Å²) in [4.78, 5) is 0. The first-order valence-corrected chi connectivity index (χ1v) is 5.70. The highest BCUT2D eigenvalue weighted by Gasteiger charge is 2.08. The Morgan fingerprint density at radius 3 is 2.69 bits per heavy atom. The highest BCUT2D eigenvalue weighted by Crippen LogP contribution is 2.14. The third kappa shape index (κ3) is 5.09. The molecule has 0 unspecified atom stereocenters. The van der Waals surface area contributed by atoms with E-state index < -0.39 is 0 Å². The van der Waals surface area contributed by atoms with Crippen LogP contribution in [0.2, 0.25) is 0 Å². The summed E-state index contributed by atoms with van der Waals surface area (Å²) >= 11 is 0. The van der Waals surface area contributed by atoms with Gasteiger partial charge in [0.2, 0.25) is 0 Å². The number of hydrogen-bond donors (Lipinski definition) is 0. The van der Waals surface area contributed by atoms with Crippen molar-refractivity contribution < 1.29 is 4.74 Å². The fraction of sp³-hybridized carbons (Fsp3) is 0.833. The molecule has 1 aliphatic heterocycles. The van der Waals surface area contributed by atoms with Gasteiger partial charge in [0.15, 0.2) is 0 Å². The summed E-state index contributed by atoms with van der Waals surface area (Å²) in [5, 5.41) is 0. The van der Waals surface area contributed by atoms with Gasteiger partial charge in [-0.05, 0) is 12.8 Å². The standard InChI is InChI=1S/C12H22O/c1-2-3-4-5-6-9-12-10-7-8-11-13-12/h7-8,12H,2-6,9-11H2,1H3/t12-/m0/s1. The molecule has 0 spiro atoms. The minimum absolute atomic E-state index is 0.520. The third-order valence-corrected chi connectivity index (χ3v) is 2.62. The maximum atomic E-state index is 5.60. The molecule has 13 heavy (non-hydrogen) atoms. The molecule has 0 amide bonds. The number of hydrogen-bond acceptors (Lipinski definition) is 1. The van der Waals surface area contributed by atoms with Crippen molar-refractivity contribution in [3.05, 3.63) is 12.2 Å². The monoisotopic (exact) mass is 182 g/mol. The molecule has 1 heteroatoms. The third-order valence-electron chi connectivity index (χ3n) is 2.62. The Bertz CT molecular complexity index is 140. The normalized spacial score (nSPS) is 22.1. The molecule has 1 nitrogen and oxygen atoms in total. The van der Waals surface area contributed by atoms with E-state index in [4.69, 9.17) is 4.74 Å². The lowest BCUT2D eigenvalue weighted by Crippen LogP contribution is -2.15. The molecule has 76 valence electrons. The molecule has 0 saturated heterocycles. The van der Waals surface area contributed by atoms with E-state index in [-0.39, 0.29) is 0 Å². The number of unbranched alkanes of at least 4 members (excludes halogenated alkanes) is 4. The first-order chi connectivity index (χ1) is 6.43. The molecule has 1 aliphatic rings. The SMILES string of the molecule is CCCCCCC[C@H]1CC=CCO1. The second kappa shape index (κ2) is 7.14. The van der Waals surface area contributed by atoms with Crippen LogP contribution >= 0.6 is 0 Å². The van der Waals surface area contributed by atoms with Crippen molar-refractivity contribution in [1.29, 1.82) is 0 Å². The van der Waals surface area contributed by atoms with Crippen LogP contribution in [-0.2, 0) is 4.74 Å². The van der Waals surface area contributed by atoms with Crippen molar-refractivity contribution in [3.8, 4) is 0 Å². The summed E-state index contributed by atoms with van der Waals surface area (Å²) in [5.74, 6) is 0. The van der Waals surface area contributed by atoms with E-state index in [2.05, 4.69) is 19.1 Å². The summed E-state index contributed by atoms with van der Waals surface area (Å²) in [6, 6.07) is 0. The molecule has 0 aromatic carbocycles. The predicted octanol–water partition coefficient (Wildman–Crippen LogP) is 3.69. The average Bonchev–Trinajstić information content (AvgIpc) is 2.19. The van der Waals surface area contributed by atoms with Crippen molar-refractivity contribution in [2.24, 2.45) is 0 Å². The van der Waals surface area contributed by atoms with Gasteiger partial charge in [-0.1, -0.05) is 51.2 Å². The largest absolute Gasteiger partial charge is 0.374 e. The van der Waals surface area contributed by atoms with E-state index in [9.17, 15) is 0 Å². The Kier molecular flexibility index (Phi) is 5.92. The van der Waals surface area contributed by atoms with Crippen LogP contribution in [0.4, 0.5) is 0 Å². The molecule has 0 aliphatic carbocycles. The fourth-order valence-corrected chi connectivity index (χ4v) is 1.75. The predicted molar refractivity (Wildman–Crippen MR) is 56.9 cm³/mol. The lowest BCUT2D eigenvalue weighted by molar-refractivity contribution is 0.0597. The van der Waals surface area contributed by atoms with Crippen LogP contribution in [0.3, 0.4) is 0 Å². The van der Waals surface area contributed by atoms with E-state index >= 15 is 0 Å². The van der Waals surface area contributed by atoms with Gasteiger partial charge in [0, 0.05) is 0 Å². The first kappa shape index (κ1) is 10.8. The van der Waals surface area contributed by atoms with Crippen molar-refractivity contribution in [2.45, 2.75) is 58.0 Å². The Morgan fingerprint density at radius 1 is 1.15 bits per heavy atom. The Labute approximate surface area is 82.2 Å². The lowest BCUT2D eigenvalue weighted by atomic mass is 10.1. The van der Waals surface area contributed by atoms with Gasteiger partial charge in [0.05, 0.1) is 12.7 Å². The number of ether oxygens (including phenoxy) is 1. The molecule has 0 radical (unpaired) electrons. The van der Waals surface area contributed by atoms with Crippen LogP contribution in [0.15, 0.2) is 12.2 Å². The van der Waals surface area contributed by atoms with Crippen molar-refractivity contribution >= 4 is 0 Å². The molecule has 0 N–H and O–H groups in total. The summed E-state index contributed by atoms with van der Waals surface area (Å²) in [7, 11) is 0. The van der Waals surface area contributed by atoms with Crippen LogP contribution < -0.4 is 0 Å². The molecular formula is C12H22O. The molecule has 1 rings (SSSR count). The summed E-state index contributed by atoms with van der Waals surface area (Å²) in [6.45, 7) is 3.09. The van der Waals surface area contributed by atoms with Crippen molar-refractivity contribution in [3.63, 3.8) is 0 Å². The van der Waals surface area contributed by atoms with E-state index in [1.807, 2.05) is 0 Å². The lowest BCUT2D eigenvalue weighted by Gasteiger charge is -2.18. The van der Waals surface area contributed by atoms with Crippen LogP contribution in [-0.4, -0.2) is 12.7 Å². The highest BCUT2D eigenvalue weighted by molar-refractivity contribution is 4.88. The maximum Gasteiger partial charge on any atom is 0.0651 e. The second-order valence-electron chi connectivity index (χ2n) is 3.87. The zero-order chi connectivity index (χ0) is 9.36. The van der Waals surface area contributed by atoms with Crippen LogP contribution in [0.5, 0.6) is 0 Å². The minimum atomic E-state index is 0.520. The second-order valence-corrected chi connectivity index (χ2v) is 3.87. The Balaban J connectivity index is 1.90. The zero-order valence-electron chi connectivity index (χ0n) is 8.80. The number of rotatable bonds is 6. The summed E-state index contributed by atoms with van der Waals surface area (Å²) < 4.78 is 5.60. The summed E-state index contributed by atoms with van der Waals surface area (Å²) in [5.41, 5.74) is 0. The zero-order valence-corrected chi connectivity index (χ0v) is 8.80. The van der Waals surface area contributed by atoms with Gasteiger partial charge in [-0.25, -0.2) is 0 Å². The molecule has 0 fully saturated rings. The molecule has 1 heterocycles. The quantitative estimate of drug-likeness (QED) is 0.449. The average molecular weight is 182 g/mol. The molecule has 0 aromatic rings. The fourth-order valence-electron chi connectivity index (χ4n) is 1.75. The van der Waals surface area contributed by atoms with Gasteiger partial charge in [0.25, 0.3) is 0 Å². The van der Waals surface area contributed by atoms with Gasteiger partial charge in [-0.2, -0.15) is 0 Å². The molecule has 0 bridgehead atoms. The van der Waals surface area contributed by atoms with Crippen molar-refractivity contribution in [1.82, 2.24) is 0 Å². The van der Waals surface area contributed by atoms with Crippen molar-refractivity contribution in [2.75, 3.05) is 6.61 Å². The van der Waals surface area contributed by atoms with E-state index in [1.165, 1.54) is 38.5 Å². The Hall–Kier alpha value is -0.300. The smallest absolute Gasteiger partial charge is 0.0651 e. The summed E-state index contributed by atoms with van der Waals surface area (Å²) in [6.07, 6.45) is 14.1. The highest BCUT2D eigenvalue weighted by atomic mass is 16.5. The first-order valence-electron chi connectivity index (χ1n) is 5.70. The van der Waals surface area contributed by atoms with E-state index in [0.29, 0.717) is 6.10 Å². The molecule has 0 saturated carbocycles. The molecule has 0 aromatic heterocycles. The van der Waals surface area contributed by atoms with E-state index in [1.54, 1.807) is 0 Å². The topological polar surface area (TPSA) is 9.23 Å². The van der Waals surface area contributed by atoms with Gasteiger partial charge >= 0.3 is 0 Å². The Morgan fingerprint density at radius 2 is 2.00 bits per heavy atom. The molecule has 1 atom stereocenters. The van der Waals surface area contributed by atoms with Crippen LogP contribution in [0.1, 0.15) is 51.9 Å². The van der Waals surface area contributed by atoms with Crippen LogP contribution in [0.25, 0.3) is 0 Å². The molecular weight excluding hydrogens is 160 g/mol. The van der Waals surface area contributed by atoms with Crippen LogP contribution in [0, 0.1) is 0 Å². The van der Waals surface area contributed by atoms with Gasteiger partial charge < -0.3 is 4.74 Å².